The van der Waals surface area contributed by atoms with E-state index in [1.54, 1.807) is 36.5 Å². The molecule has 1 unspecified atom stereocenters. The summed E-state index contributed by atoms with van der Waals surface area (Å²) in [5, 5.41) is 8.17. The highest BCUT2D eigenvalue weighted by atomic mass is 16.3. The highest BCUT2D eigenvalue weighted by Gasteiger charge is 2.24. The molecule has 7 heteroatoms. The van der Waals surface area contributed by atoms with Gasteiger partial charge in [0, 0.05) is 38.6 Å². The molecule has 4 rings (SSSR count). The van der Waals surface area contributed by atoms with Crippen molar-refractivity contribution in [1.82, 2.24) is 20.1 Å². The average molecular weight is 325 g/mol. The minimum atomic E-state index is -0.0867. The van der Waals surface area contributed by atoms with E-state index in [2.05, 4.69) is 20.3 Å². The molecule has 3 aromatic heterocycles. The Morgan fingerprint density at radius 1 is 1.33 bits per heavy atom. The van der Waals surface area contributed by atoms with E-state index in [1.165, 1.54) is 0 Å². The zero-order chi connectivity index (χ0) is 16.5. The first-order valence-corrected chi connectivity index (χ1v) is 8.08. The van der Waals surface area contributed by atoms with Crippen molar-refractivity contribution in [2.45, 2.75) is 18.9 Å². The number of nitrogens with zero attached hydrogens (tertiary/aromatic N) is 4. The van der Waals surface area contributed by atoms with E-state index in [-0.39, 0.29) is 11.9 Å². The zero-order valence-corrected chi connectivity index (χ0v) is 13.5. The third-order valence-electron chi connectivity index (χ3n) is 4.47. The summed E-state index contributed by atoms with van der Waals surface area (Å²) in [6.45, 7) is 1.66. The first-order chi connectivity index (χ1) is 11.7. The monoisotopic (exact) mass is 325 g/mol. The van der Waals surface area contributed by atoms with Gasteiger partial charge in [-0.2, -0.15) is 5.10 Å². The molecule has 0 spiro atoms. The first-order valence-electron chi connectivity index (χ1n) is 8.08. The molecule has 24 heavy (non-hydrogen) atoms. The third-order valence-corrected chi connectivity index (χ3v) is 4.47. The maximum Gasteiger partial charge on any atom is 0.269 e. The SMILES string of the molecule is Cn1nccc1C(=O)NC1CCCN(c2nccc3occc23)C1. The number of anilines is 1. The van der Waals surface area contributed by atoms with Crippen LogP contribution in [0.1, 0.15) is 23.3 Å². The van der Waals surface area contributed by atoms with Gasteiger partial charge in [-0.05, 0) is 31.0 Å². The number of piperidine rings is 1. The molecule has 0 radical (unpaired) electrons. The number of amides is 1. The molecule has 0 aliphatic carbocycles. The van der Waals surface area contributed by atoms with Crippen LogP contribution in [-0.4, -0.2) is 39.8 Å². The number of aryl methyl sites for hydroxylation is 1. The molecular weight excluding hydrogens is 306 g/mol. The fourth-order valence-corrected chi connectivity index (χ4v) is 3.28. The molecular formula is C17H19N5O2. The Balaban J connectivity index is 1.51. The molecule has 1 aliphatic heterocycles. The van der Waals surface area contributed by atoms with Crippen LogP contribution in [0, 0.1) is 0 Å². The summed E-state index contributed by atoms with van der Waals surface area (Å²) in [5.74, 6) is 0.831. The average Bonchev–Trinajstić information content (AvgIpc) is 3.23. The molecule has 1 aliphatic rings. The summed E-state index contributed by atoms with van der Waals surface area (Å²) in [7, 11) is 1.77. The Kier molecular flexibility index (Phi) is 3.68. The Morgan fingerprint density at radius 2 is 2.25 bits per heavy atom. The van der Waals surface area contributed by atoms with Crippen molar-refractivity contribution in [3.05, 3.63) is 42.5 Å². The standard InChI is InChI=1S/C17H19N5O2/c1-21-14(4-8-19-21)17(23)20-12-3-2-9-22(11-12)16-13-6-10-24-15(13)5-7-18-16/h4-8,10,12H,2-3,9,11H2,1H3,(H,20,23). The van der Waals surface area contributed by atoms with Crippen molar-refractivity contribution in [1.29, 1.82) is 0 Å². The largest absolute Gasteiger partial charge is 0.464 e. The zero-order valence-electron chi connectivity index (χ0n) is 13.5. The van der Waals surface area contributed by atoms with E-state index in [0.29, 0.717) is 5.69 Å². The molecule has 0 bridgehead atoms. The molecule has 1 N–H and O–H groups in total. The lowest BCUT2D eigenvalue weighted by Gasteiger charge is -2.34. The number of hydrogen-bond donors (Lipinski definition) is 1. The van der Waals surface area contributed by atoms with E-state index in [1.807, 2.05) is 12.1 Å². The van der Waals surface area contributed by atoms with Crippen LogP contribution in [0.3, 0.4) is 0 Å². The minimum Gasteiger partial charge on any atom is -0.464 e. The molecule has 3 aromatic rings. The number of fused-ring (bicyclic) bond motifs is 1. The third kappa shape index (κ3) is 2.62. The maximum absolute atomic E-state index is 12.4. The molecule has 1 amide bonds. The second-order valence-corrected chi connectivity index (χ2v) is 6.07. The van der Waals surface area contributed by atoms with Gasteiger partial charge in [0.05, 0.1) is 11.6 Å². The highest BCUT2D eigenvalue weighted by molar-refractivity contribution is 5.93. The Labute approximate surface area is 139 Å². The predicted octanol–water partition coefficient (Wildman–Crippen LogP) is 1.96. The van der Waals surface area contributed by atoms with Crippen LogP contribution < -0.4 is 10.2 Å². The Morgan fingerprint density at radius 3 is 3.08 bits per heavy atom. The second-order valence-electron chi connectivity index (χ2n) is 6.07. The Hall–Kier alpha value is -2.83. The quantitative estimate of drug-likeness (QED) is 0.796. The molecule has 0 aromatic carbocycles. The maximum atomic E-state index is 12.4. The Bertz CT molecular complexity index is 869. The number of furan rings is 1. The van der Waals surface area contributed by atoms with Crippen molar-refractivity contribution in [3.63, 3.8) is 0 Å². The summed E-state index contributed by atoms with van der Waals surface area (Å²) in [6, 6.07) is 5.62. The molecule has 124 valence electrons. The van der Waals surface area contributed by atoms with E-state index in [4.69, 9.17) is 4.42 Å². The highest BCUT2D eigenvalue weighted by Crippen LogP contribution is 2.27. The van der Waals surface area contributed by atoms with E-state index < -0.39 is 0 Å². The van der Waals surface area contributed by atoms with Gasteiger partial charge in [0.1, 0.15) is 17.1 Å². The predicted molar refractivity (Wildman–Crippen MR) is 89.9 cm³/mol. The molecule has 1 atom stereocenters. The van der Waals surface area contributed by atoms with Gasteiger partial charge in [0.2, 0.25) is 0 Å². The summed E-state index contributed by atoms with van der Waals surface area (Å²) in [5.41, 5.74) is 1.41. The van der Waals surface area contributed by atoms with Crippen LogP contribution in [-0.2, 0) is 7.05 Å². The summed E-state index contributed by atoms with van der Waals surface area (Å²) >= 11 is 0. The number of carbonyl (C=O) groups excluding carboxylic acids is 1. The van der Waals surface area contributed by atoms with Gasteiger partial charge in [-0.1, -0.05) is 0 Å². The lowest BCUT2D eigenvalue weighted by atomic mass is 10.0. The topological polar surface area (TPSA) is 76.2 Å². The number of aromatic nitrogens is 3. The number of carbonyl (C=O) groups is 1. The minimum absolute atomic E-state index is 0.0867. The molecule has 0 saturated carbocycles. The fourth-order valence-electron chi connectivity index (χ4n) is 3.28. The van der Waals surface area contributed by atoms with Crippen molar-refractivity contribution in [3.8, 4) is 0 Å². The van der Waals surface area contributed by atoms with Gasteiger partial charge >= 0.3 is 0 Å². The van der Waals surface area contributed by atoms with Crippen LogP contribution in [0.2, 0.25) is 0 Å². The van der Waals surface area contributed by atoms with Crippen molar-refractivity contribution >= 4 is 22.7 Å². The van der Waals surface area contributed by atoms with Crippen LogP contribution in [0.25, 0.3) is 11.0 Å². The first kappa shape index (κ1) is 14.7. The lowest BCUT2D eigenvalue weighted by molar-refractivity contribution is 0.0923. The van der Waals surface area contributed by atoms with Gasteiger partial charge in [0.25, 0.3) is 5.91 Å². The van der Waals surface area contributed by atoms with E-state index in [0.717, 1.165) is 42.7 Å². The van der Waals surface area contributed by atoms with Gasteiger partial charge in [-0.15, -0.1) is 0 Å². The number of rotatable bonds is 3. The van der Waals surface area contributed by atoms with Crippen LogP contribution in [0.5, 0.6) is 0 Å². The van der Waals surface area contributed by atoms with Crippen molar-refractivity contribution in [2.75, 3.05) is 18.0 Å². The van der Waals surface area contributed by atoms with Crippen LogP contribution in [0.4, 0.5) is 5.82 Å². The fraction of sp³-hybridized carbons (Fsp3) is 0.353. The summed E-state index contributed by atoms with van der Waals surface area (Å²) in [4.78, 5) is 19.1. The molecule has 1 saturated heterocycles. The number of nitrogens with one attached hydrogen (secondary N) is 1. The number of hydrogen-bond acceptors (Lipinski definition) is 5. The van der Waals surface area contributed by atoms with E-state index >= 15 is 0 Å². The van der Waals surface area contributed by atoms with Gasteiger partial charge < -0.3 is 14.6 Å². The second kappa shape index (κ2) is 5.99. The van der Waals surface area contributed by atoms with Crippen molar-refractivity contribution < 1.29 is 9.21 Å². The molecule has 1 fully saturated rings. The molecule has 7 nitrogen and oxygen atoms in total. The van der Waals surface area contributed by atoms with Gasteiger partial charge in [-0.3, -0.25) is 9.48 Å². The summed E-state index contributed by atoms with van der Waals surface area (Å²) in [6.07, 6.45) is 7.04. The van der Waals surface area contributed by atoms with Gasteiger partial charge in [0.15, 0.2) is 0 Å². The lowest BCUT2D eigenvalue weighted by Crippen LogP contribution is -2.48. The molecule has 4 heterocycles. The van der Waals surface area contributed by atoms with Gasteiger partial charge in [-0.25, -0.2) is 4.98 Å². The van der Waals surface area contributed by atoms with Crippen molar-refractivity contribution in [2.24, 2.45) is 7.05 Å². The normalized spacial score (nSPS) is 18.0. The van der Waals surface area contributed by atoms with Crippen LogP contribution >= 0.6 is 0 Å². The van der Waals surface area contributed by atoms with Crippen LogP contribution in [0.15, 0.2) is 41.3 Å². The smallest absolute Gasteiger partial charge is 0.269 e. The van der Waals surface area contributed by atoms with E-state index in [9.17, 15) is 4.79 Å². The number of pyridine rings is 1. The summed E-state index contributed by atoms with van der Waals surface area (Å²) < 4.78 is 7.04.